The molecule has 3 N–H and O–H groups in total. The lowest BCUT2D eigenvalue weighted by atomic mass is 10.1. The van der Waals surface area contributed by atoms with Crippen molar-refractivity contribution in [1.29, 1.82) is 0 Å². The maximum Gasteiger partial charge on any atom is 0.213 e. The molecule has 0 amide bonds. The van der Waals surface area contributed by atoms with Crippen molar-refractivity contribution in [3.05, 3.63) is 71.0 Å². The molecule has 2 aromatic rings. The molecule has 0 aliphatic rings. The average Bonchev–Trinajstić information content (AvgIpc) is 2.66. The Balaban J connectivity index is 0.00000392. The number of nitrogens with one attached hydrogen (secondary N) is 3. The molecule has 0 heterocycles. The van der Waals surface area contributed by atoms with E-state index in [0.29, 0.717) is 18.1 Å². The normalized spacial score (nSPS) is 11.6. The molecule has 0 radical (unpaired) electrons. The van der Waals surface area contributed by atoms with Gasteiger partial charge in [-0.1, -0.05) is 42.5 Å². The van der Waals surface area contributed by atoms with E-state index >= 15 is 0 Å². The van der Waals surface area contributed by atoms with Gasteiger partial charge in [-0.15, -0.1) is 24.0 Å². The average molecular weight is 520 g/mol. The van der Waals surface area contributed by atoms with Crippen LogP contribution in [0.2, 0.25) is 0 Å². The van der Waals surface area contributed by atoms with E-state index in [2.05, 4.69) is 20.3 Å². The van der Waals surface area contributed by atoms with E-state index in [1.54, 1.807) is 20.0 Å². The van der Waals surface area contributed by atoms with Gasteiger partial charge in [0.05, 0.1) is 5.75 Å². The van der Waals surface area contributed by atoms with Crippen molar-refractivity contribution in [3.8, 4) is 0 Å². The molecule has 0 aliphatic heterocycles. The van der Waals surface area contributed by atoms with E-state index in [9.17, 15) is 12.8 Å². The number of benzene rings is 2. The fourth-order valence-electron chi connectivity index (χ4n) is 2.32. The summed E-state index contributed by atoms with van der Waals surface area (Å²) in [6.07, 6.45) is 0. The summed E-state index contributed by atoms with van der Waals surface area (Å²) in [5.41, 5.74) is 2.27. The lowest BCUT2D eigenvalue weighted by molar-refractivity contribution is 0.579. The van der Waals surface area contributed by atoms with Crippen molar-refractivity contribution in [2.24, 2.45) is 4.99 Å². The molecule has 0 saturated carbocycles. The number of aryl methyl sites for hydroxylation is 1. The van der Waals surface area contributed by atoms with Gasteiger partial charge in [-0.05, 0) is 29.7 Å². The summed E-state index contributed by atoms with van der Waals surface area (Å²) in [5.74, 6) is 0.113. The Labute approximate surface area is 183 Å². The molecule has 2 aromatic carbocycles. The van der Waals surface area contributed by atoms with Gasteiger partial charge in [0.1, 0.15) is 5.82 Å². The van der Waals surface area contributed by atoms with Gasteiger partial charge < -0.3 is 10.6 Å². The van der Waals surface area contributed by atoms with Gasteiger partial charge in [0.25, 0.3) is 0 Å². The van der Waals surface area contributed by atoms with Crippen LogP contribution in [0.1, 0.15) is 16.7 Å². The summed E-state index contributed by atoms with van der Waals surface area (Å²) in [4.78, 5) is 4.04. The fraction of sp³-hybridized carbons (Fsp3) is 0.316. The lowest BCUT2D eigenvalue weighted by Gasteiger charge is -2.13. The first kappa shape index (κ1) is 24.3. The van der Waals surface area contributed by atoms with E-state index in [-0.39, 0.29) is 48.6 Å². The minimum Gasteiger partial charge on any atom is -0.355 e. The van der Waals surface area contributed by atoms with Crippen LogP contribution >= 0.6 is 24.0 Å². The van der Waals surface area contributed by atoms with Crippen LogP contribution in [0, 0.1) is 12.7 Å². The first-order valence-corrected chi connectivity index (χ1v) is 10.3. The number of guanidine groups is 1. The Hall–Kier alpha value is -1.72. The molecule has 0 unspecified atom stereocenters. The third-order valence-corrected chi connectivity index (χ3v) is 5.25. The van der Waals surface area contributed by atoms with Crippen molar-refractivity contribution in [2.75, 3.05) is 19.3 Å². The van der Waals surface area contributed by atoms with E-state index < -0.39 is 10.0 Å². The zero-order valence-electron chi connectivity index (χ0n) is 15.9. The van der Waals surface area contributed by atoms with Crippen molar-refractivity contribution in [2.45, 2.75) is 20.0 Å². The molecule has 0 saturated heterocycles. The summed E-state index contributed by atoms with van der Waals surface area (Å²) in [6, 6.07) is 14.3. The molecule has 154 valence electrons. The Morgan fingerprint density at radius 1 is 1.04 bits per heavy atom. The van der Waals surface area contributed by atoms with Crippen molar-refractivity contribution >= 4 is 40.0 Å². The zero-order valence-corrected chi connectivity index (χ0v) is 19.1. The highest BCUT2D eigenvalue weighted by Crippen LogP contribution is 2.08. The first-order chi connectivity index (χ1) is 12.9. The summed E-state index contributed by atoms with van der Waals surface area (Å²) in [7, 11) is -1.82. The van der Waals surface area contributed by atoms with Gasteiger partial charge in [-0.2, -0.15) is 0 Å². The summed E-state index contributed by atoms with van der Waals surface area (Å²) >= 11 is 0. The highest BCUT2D eigenvalue weighted by molar-refractivity contribution is 14.0. The Bertz CT molecular complexity index is 877. The Morgan fingerprint density at radius 2 is 1.75 bits per heavy atom. The van der Waals surface area contributed by atoms with Crippen molar-refractivity contribution < 1.29 is 12.8 Å². The molecular formula is C19H26FIN4O2S. The predicted octanol–water partition coefficient (Wildman–Crippen LogP) is 2.54. The van der Waals surface area contributed by atoms with Crippen LogP contribution in [0.25, 0.3) is 0 Å². The van der Waals surface area contributed by atoms with Crippen LogP contribution in [0.15, 0.2) is 53.5 Å². The van der Waals surface area contributed by atoms with Crippen LogP contribution in [0.4, 0.5) is 4.39 Å². The van der Waals surface area contributed by atoms with Gasteiger partial charge >= 0.3 is 0 Å². The number of hydrogen-bond acceptors (Lipinski definition) is 3. The molecule has 0 atom stereocenters. The minimum atomic E-state index is -3.41. The van der Waals surface area contributed by atoms with E-state index in [4.69, 9.17) is 0 Å². The van der Waals surface area contributed by atoms with E-state index in [1.807, 2.05) is 36.4 Å². The molecule has 0 bridgehead atoms. The quantitative estimate of drug-likeness (QED) is 0.284. The van der Waals surface area contributed by atoms with Gasteiger partial charge in [0.2, 0.25) is 10.0 Å². The maximum atomic E-state index is 13.6. The lowest BCUT2D eigenvalue weighted by Crippen LogP contribution is -2.40. The smallest absolute Gasteiger partial charge is 0.213 e. The Morgan fingerprint density at radius 3 is 2.39 bits per heavy atom. The third kappa shape index (κ3) is 8.53. The molecular weight excluding hydrogens is 494 g/mol. The molecule has 0 spiro atoms. The molecule has 6 nitrogen and oxygen atoms in total. The number of hydrogen-bond donors (Lipinski definition) is 3. The van der Waals surface area contributed by atoms with Gasteiger partial charge in [-0.25, -0.2) is 17.5 Å². The van der Waals surface area contributed by atoms with Crippen LogP contribution < -0.4 is 15.4 Å². The molecule has 0 aliphatic carbocycles. The van der Waals surface area contributed by atoms with E-state index in [1.165, 1.54) is 6.07 Å². The summed E-state index contributed by atoms with van der Waals surface area (Å²) in [6.45, 7) is 2.55. The number of rotatable bonds is 8. The fourth-order valence-corrected chi connectivity index (χ4v) is 3.22. The summed E-state index contributed by atoms with van der Waals surface area (Å²) < 4.78 is 40.3. The maximum absolute atomic E-state index is 13.6. The number of aliphatic imine (C=N–C) groups is 1. The number of halogens is 2. The predicted molar refractivity (Wildman–Crippen MR) is 122 cm³/mol. The minimum absolute atomic E-state index is 0. The van der Waals surface area contributed by atoms with Gasteiger partial charge in [-0.3, -0.25) is 4.99 Å². The second-order valence-electron chi connectivity index (χ2n) is 6.06. The van der Waals surface area contributed by atoms with Crippen LogP contribution in [0.3, 0.4) is 0 Å². The molecule has 28 heavy (non-hydrogen) atoms. The van der Waals surface area contributed by atoms with Crippen LogP contribution in [0.5, 0.6) is 0 Å². The molecule has 0 aromatic heterocycles. The highest BCUT2D eigenvalue weighted by Gasteiger charge is 2.10. The third-order valence-electron chi connectivity index (χ3n) is 3.92. The topological polar surface area (TPSA) is 82.6 Å². The second kappa shape index (κ2) is 12.0. The van der Waals surface area contributed by atoms with Gasteiger partial charge in [0.15, 0.2) is 5.96 Å². The molecule has 2 rings (SSSR count). The van der Waals surface area contributed by atoms with Crippen molar-refractivity contribution in [3.63, 3.8) is 0 Å². The standard InChI is InChI=1S/C19H25FN4O2S.HI/c1-15-8-9-17(12-18(15)20)13-23-19(21-2)22-10-11-27(25,26)24-14-16-6-4-3-5-7-16;/h3-9,12,24H,10-11,13-14H2,1-2H3,(H2,21,22,23);1H. The highest BCUT2D eigenvalue weighted by atomic mass is 127. The first-order valence-electron chi connectivity index (χ1n) is 8.60. The van der Waals surface area contributed by atoms with E-state index in [0.717, 1.165) is 11.1 Å². The number of nitrogens with zero attached hydrogens (tertiary/aromatic N) is 1. The SMILES string of the molecule is CN=C(NCCS(=O)(=O)NCc1ccccc1)NCc1ccc(C)c(F)c1.I. The Kier molecular flexibility index (Phi) is 10.4. The van der Waals surface area contributed by atoms with Crippen LogP contribution in [-0.4, -0.2) is 33.7 Å². The largest absolute Gasteiger partial charge is 0.355 e. The molecule has 9 heteroatoms. The number of sulfonamides is 1. The molecule has 0 fully saturated rings. The second-order valence-corrected chi connectivity index (χ2v) is 7.99. The van der Waals surface area contributed by atoms with Crippen molar-refractivity contribution in [1.82, 2.24) is 15.4 Å². The zero-order chi connectivity index (χ0) is 19.7. The summed E-state index contributed by atoms with van der Waals surface area (Å²) in [5, 5.41) is 5.98. The monoisotopic (exact) mass is 520 g/mol. The van der Waals surface area contributed by atoms with Crippen LogP contribution in [-0.2, 0) is 23.1 Å². The van der Waals surface area contributed by atoms with Gasteiger partial charge in [0, 0.05) is 26.7 Å².